The molecule has 0 radical (unpaired) electrons. The van der Waals surface area contributed by atoms with Gasteiger partial charge in [0, 0.05) is 74.2 Å². The Morgan fingerprint density at radius 2 is 1.07 bits per heavy atom. The predicted octanol–water partition coefficient (Wildman–Crippen LogP) is 10.6. The molecule has 3 aliphatic carbocycles. The number of hydrogen-bond acceptors (Lipinski definition) is 4. The van der Waals surface area contributed by atoms with E-state index in [1.165, 1.54) is 95.4 Å². The molecule has 0 fully saturated rings. The lowest BCUT2D eigenvalue weighted by molar-refractivity contribution is 0.0991. The molecule has 9 rings (SSSR count). The second-order valence-electron chi connectivity index (χ2n) is 15.9. The second kappa shape index (κ2) is 15.8. The number of carbonyl (C=O) groups is 2. The van der Waals surface area contributed by atoms with E-state index >= 15 is 0 Å². The van der Waals surface area contributed by atoms with Gasteiger partial charge in [-0.3, -0.25) is 9.59 Å². The van der Waals surface area contributed by atoms with Crippen LogP contribution < -0.4 is 10.6 Å². The molecule has 6 aromatic rings. The van der Waals surface area contributed by atoms with Crippen molar-refractivity contribution < 1.29 is 9.59 Å². The summed E-state index contributed by atoms with van der Waals surface area (Å²) in [6.45, 7) is 20.8. The highest BCUT2D eigenvalue weighted by atomic mass is 16.1. The third kappa shape index (κ3) is 6.68. The van der Waals surface area contributed by atoms with E-state index in [4.69, 9.17) is 0 Å². The summed E-state index contributed by atoms with van der Waals surface area (Å²) in [6, 6.07) is 19.5. The molecule has 2 aromatic heterocycles. The zero-order chi connectivity index (χ0) is 38.2. The number of Topliss-reactive ketones (excluding diaryl/α,β-unsaturated/α-hetero) is 2. The topological polar surface area (TPSA) is 68.1 Å². The Kier molecular flexibility index (Phi) is 10.6. The van der Waals surface area contributed by atoms with Gasteiger partial charge in [-0.15, -0.1) is 0 Å². The first-order valence-corrected chi connectivity index (χ1v) is 20.8. The van der Waals surface area contributed by atoms with Crippen LogP contribution in [0.4, 0.5) is 0 Å². The first-order valence-electron chi connectivity index (χ1n) is 20.8. The highest BCUT2D eigenvalue weighted by Gasteiger charge is 2.28. The van der Waals surface area contributed by atoms with Crippen molar-refractivity contribution in [3.63, 3.8) is 0 Å². The molecule has 2 heterocycles. The smallest absolute Gasteiger partial charge is 0.163 e. The van der Waals surface area contributed by atoms with Gasteiger partial charge < -0.3 is 19.8 Å². The van der Waals surface area contributed by atoms with Crippen LogP contribution in [0.2, 0.25) is 0 Å². The molecule has 0 bridgehead atoms. The zero-order valence-electron chi connectivity index (χ0n) is 33.1. The Labute approximate surface area is 325 Å². The summed E-state index contributed by atoms with van der Waals surface area (Å²) >= 11 is 0. The lowest BCUT2D eigenvalue weighted by Gasteiger charge is -2.09. The van der Waals surface area contributed by atoms with Crippen LogP contribution in [0.1, 0.15) is 114 Å². The van der Waals surface area contributed by atoms with E-state index < -0.39 is 0 Å². The maximum absolute atomic E-state index is 12.4. The molecule has 6 heteroatoms. The Hall–Kier alpha value is -4.78. The number of hydrogen-bond donors (Lipinski definition) is 2. The third-order valence-electron chi connectivity index (χ3n) is 12.3. The van der Waals surface area contributed by atoms with E-state index in [1.54, 1.807) is 6.92 Å². The lowest BCUT2D eigenvalue weighted by atomic mass is 9.97. The number of fused-ring (bicyclic) bond motifs is 12. The van der Waals surface area contributed by atoms with E-state index in [2.05, 4.69) is 95.3 Å². The molecule has 55 heavy (non-hydrogen) atoms. The molecule has 0 saturated carbocycles. The number of benzene rings is 4. The van der Waals surface area contributed by atoms with Gasteiger partial charge in [0.2, 0.25) is 0 Å². The van der Waals surface area contributed by atoms with Gasteiger partial charge in [0.1, 0.15) is 0 Å². The molecule has 4 aromatic carbocycles. The summed E-state index contributed by atoms with van der Waals surface area (Å²) in [5.41, 5.74) is 16.1. The molecular formula is C49H56N4O2. The Balaban J connectivity index is 0.000000155. The van der Waals surface area contributed by atoms with Crippen LogP contribution in [-0.2, 0) is 32.4 Å². The maximum Gasteiger partial charge on any atom is 0.163 e. The molecule has 2 N–H and O–H groups in total. The minimum Gasteiger partial charge on any atom is -0.340 e. The Bertz CT molecular complexity index is 2430. The van der Waals surface area contributed by atoms with Gasteiger partial charge in [0.05, 0.1) is 0 Å². The number of carbonyl (C=O) groups excluding carboxylic acids is 2. The molecule has 0 aliphatic heterocycles. The quantitative estimate of drug-likeness (QED) is 0.0916. The number of nitrogens with zero attached hydrogens (tertiary/aromatic N) is 2. The van der Waals surface area contributed by atoms with E-state index in [0.29, 0.717) is 12.2 Å². The normalized spacial score (nSPS) is 14.7. The standard InChI is InChI=1S/C25H28N2O.C24H28N2O/c1-3-13-26-14-4-15-27-21-10-7-17-16(2)5-6-19(17)24(21)25-20-9-12-23(28)18(20)8-11-22(25)27;1-4-12-25-13-5-14-26-22-10-7-18(17(3)27)15-21(22)24-20-8-6-16(2)19(20)9-11-23(24)26/h7-8,10-11,26H,2-6,9,12-15H2,1H3;7,9-11,15,25H,2,4-6,8,12-14H2,1,3H3. The van der Waals surface area contributed by atoms with Crippen LogP contribution in [0, 0.1) is 0 Å². The largest absolute Gasteiger partial charge is 0.340 e. The Morgan fingerprint density at radius 1 is 0.600 bits per heavy atom. The van der Waals surface area contributed by atoms with Gasteiger partial charge in [-0.05, 0) is 172 Å². The number of allylic oxidation sites excluding steroid dienone is 2. The van der Waals surface area contributed by atoms with Crippen molar-refractivity contribution in [3.8, 4) is 0 Å². The fourth-order valence-corrected chi connectivity index (χ4v) is 9.60. The molecule has 284 valence electrons. The Morgan fingerprint density at radius 3 is 1.64 bits per heavy atom. The van der Waals surface area contributed by atoms with Crippen LogP contribution >= 0.6 is 0 Å². The summed E-state index contributed by atoms with van der Waals surface area (Å²) in [7, 11) is 0. The molecule has 0 saturated heterocycles. The minimum atomic E-state index is 0.124. The van der Waals surface area contributed by atoms with E-state index in [0.717, 1.165) is 95.3 Å². The predicted molar refractivity (Wildman–Crippen MR) is 232 cm³/mol. The highest BCUT2D eigenvalue weighted by Crippen LogP contribution is 2.44. The first-order chi connectivity index (χ1) is 26.8. The summed E-state index contributed by atoms with van der Waals surface area (Å²) in [4.78, 5) is 24.3. The summed E-state index contributed by atoms with van der Waals surface area (Å²) < 4.78 is 4.92. The van der Waals surface area contributed by atoms with Gasteiger partial charge in [0.25, 0.3) is 0 Å². The van der Waals surface area contributed by atoms with Gasteiger partial charge >= 0.3 is 0 Å². The summed E-state index contributed by atoms with van der Waals surface area (Å²) in [5.74, 6) is 0.428. The summed E-state index contributed by atoms with van der Waals surface area (Å²) in [6.07, 6.45) is 10.3. The lowest BCUT2D eigenvalue weighted by Crippen LogP contribution is -2.17. The zero-order valence-corrected chi connectivity index (χ0v) is 33.1. The van der Waals surface area contributed by atoms with Crippen molar-refractivity contribution in [1.82, 2.24) is 19.8 Å². The number of rotatable bonds is 13. The number of ketones is 2. The summed E-state index contributed by atoms with van der Waals surface area (Å²) in [5, 5.41) is 12.3. The number of aromatic nitrogens is 2. The second-order valence-corrected chi connectivity index (χ2v) is 15.9. The van der Waals surface area contributed by atoms with Crippen LogP contribution in [0.3, 0.4) is 0 Å². The molecule has 0 amide bonds. The van der Waals surface area contributed by atoms with Gasteiger partial charge in [-0.1, -0.05) is 39.1 Å². The molecule has 0 atom stereocenters. The SMILES string of the molecule is C=C1CCc2c1ccc1c2c2c3c(ccc2n1CCCNCCC)C(=O)CC3.C=C1CCc2c1ccc1c2c2cc(C(C)=O)ccc2n1CCCNCCC. The van der Waals surface area contributed by atoms with Crippen molar-refractivity contribution in [1.29, 1.82) is 0 Å². The fourth-order valence-electron chi connectivity index (χ4n) is 9.60. The maximum atomic E-state index is 12.4. The first kappa shape index (κ1) is 37.2. The van der Waals surface area contributed by atoms with Crippen LogP contribution in [0.5, 0.6) is 0 Å². The van der Waals surface area contributed by atoms with Crippen LogP contribution in [-0.4, -0.2) is 46.9 Å². The molecular weight excluding hydrogens is 677 g/mol. The van der Waals surface area contributed by atoms with Gasteiger partial charge in [-0.25, -0.2) is 0 Å². The highest BCUT2D eigenvalue weighted by molar-refractivity contribution is 6.17. The molecule has 0 unspecified atom stereocenters. The van der Waals surface area contributed by atoms with E-state index in [9.17, 15) is 9.59 Å². The van der Waals surface area contributed by atoms with Crippen molar-refractivity contribution in [2.45, 2.75) is 98.1 Å². The number of aryl methyl sites for hydroxylation is 5. The fraction of sp³-hybridized carbons (Fsp3) is 0.388. The average Bonchev–Trinajstić information content (AvgIpc) is 4.00. The van der Waals surface area contributed by atoms with Crippen molar-refractivity contribution >= 4 is 66.3 Å². The van der Waals surface area contributed by atoms with Crippen LogP contribution in [0.15, 0.2) is 67.8 Å². The third-order valence-corrected chi connectivity index (χ3v) is 12.3. The van der Waals surface area contributed by atoms with E-state index in [1.807, 2.05) is 6.07 Å². The van der Waals surface area contributed by atoms with Gasteiger partial charge in [0.15, 0.2) is 11.6 Å². The van der Waals surface area contributed by atoms with E-state index in [-0.39, 0.29) is 5.78 Å². The van der Waals surface area contributed by atoms with Crippen LogP contribution in [0.25, 0.3) is 54.8 Å². The van der Waals surface area contributed by atoms with Crippen molar-refractivity contribution in [2.24, 2.45) is 0 Å². The minimum absolute atomic E-state index is 0.124. The number of nitrogens with one attached hydrogen (secondary N) is 2. The molecule has 6 nitrogen and oxygen atoms in total. The van der Waals surface area contributed by atoms with Crippen molar-refractivity contribution in [3.05, 3.63) is 107 Å². The molecule has 0 spiro atoms. The van der Waals surface area contributed by atoms with Crippen molar-refractivity contribution in [2.75, 3.05) is 26.2 Å². The van der Waals surface area contributed by atoms with Gasteiger partial charge in [-0.2, -0.15) is 0 Å². The molecule has 3 aliphatic rings. The monoisotopic (exact) mass is 732 g/mol. The average molecular weight is 733 g/mol.